The molecule has 0 spiro atoms. The lowest BCUT2D eigenvalue weighted by Crippen LogP contribution is -2.52. The summed E-state index contributed by atoms with van der Waals surface area (Å²) in [6.45, 7) is 2.95. The summed E-state index contributed by atoms with van der Waals surface area (Å²) in [6, 6.07) is 17.0. The van der Waals surface area contributed by atoms with E-state index in [0.717, 1.165) is 66.6 Å². The van der Waals surface area contributed by atoms with Crippen molar-refractivity contribution in [2.75, 3.05) is 26.7 Å². The molecular weight excluding hydrogens is 404 g/mol. The van der Waals surface area contributed by atoms with Crippen molar-refractivity contribution in [1.82, 2.24) is 5.16 Å². The minimum Gasteiger partial charge on any atom is -0.459 e. The average molecular weight is 434 g/mol. The minimum atomic E-state index is -1.75. The second-order valence-corrected chi connectivity index (χ2v) is 9.29. The third-order valence-electron chi connectivity index (χ3n) is 7.10. The number of aliphatic hydroxyl groups is 1. The molecule has 0 saturated carbocycles. The molecule has 3 aromatic rings. The molecule has 2 heterocycles. The van der Waals surface area contributed by atoms with Gasteiger partial charge in [-0.05, 0) is 17.5 Å². The molecule has 0 unspecified atom stereocenters. The maximum atomic E-state index is 13.3. The number of quaternary nitrogens is 1. The van der Waals surface area contributed by atoms with Gasteiger partial charge < -0.3 is 18.8 Å². The molecule has 1 aromatic heterocycles. The van der Waals surface area contributed by atoms with Gasteiger partial charge in [0.05, 0.1) is 32.4 Å². The minimum absolute atomic E-state index is 0.173. The van der Waals surface area contributed by atoms with Gasteiger partial charge in [-0.1, -0.05) is 53.7 Å². The van der Waals surface area contributed by atoms with E-state index in [2.05, 4.69) is 12.2 Å². The molecule has 166 valence electrons. The fourth-order valence-electron chi connectivity index (χ4n) is 5.19. The van der Waals surface area contributed by atoms with E-state index in [1.54, 1.807) is 6.26 Å². The van der Waals surface area contributed by atoms with Crippen molar-refractivity contribution in [3.63, 3.8) is 0 Å². The number of piperidine rings is 1. The lowest BCUT2D eigenvalue weighted by atomic mass is 9.91. The fraction of sp³-hybridized carbons (Fsp3) is 0.385. The van der Waals surface area contributed by atoms with Crippen LogP contribution in [0.25, 0.3) is 11.1 Å². The molecule has 1 saturated heterocycles. The zero-order valence-corrected chi connectivity index (χ0v) is 18.4. The summed E-state index contributed by atoms with van der Waals surface area (Å²) < 4.78 is 11.8. The maximum Gasteiger partial charge on any atom is 0.348 e. The van der Waals surface area contributed by atoms with Crippen molar-refractivity contribution in [2.45, 2.75) is 37.4 Å². The summed E-state index contributed by atoms with van der Waals surface area (Å²) in [4.78, 5) is 13.3. The fourth-order valence-corrected chi connectivity index (χ4v) is 5.19. The van der Waals surface area contributed by atoms with Crippen LogP contribution in [-0.4, -0.2) is 53.5 Å². The van der Waals surface area contributed by atoms with Crippen molar-refractivity contribution in [2.24, 2.45) is 0 Å². The first-order valence-corrected chi connectivity index (χ1v) is 11.4. The number of fused-ring (bicyclic) bond motifs is 3. The number of aryl methyl sites for hydroxylation is 1. The van der Waals surface area contributed by atoms with E-state index in [9.17, 15) is 9.90 Å². The van der Waals surface area contributed by atoms with Crippen LogP contribution in [0.4, 0.5) is 0 Å². The second-order valence-electron chi connectivity index (χ2n) is 9.29. The SMILES string of the molecule is C[N+]1(CCCc2ccon2)CCC(OC(=O)C2(O)c3ccccc3-c3ccccc32)CC1. The van der Waals surface area contributed by atoms with Crippen molar-refractivity contribution in [3.05, 3.63) is 77.7 Å². The van der Waals surface area contributed by atoms with E-state index < -0.39 is 11.6 Å². The Morgan fingerprint density at radius 3 is 2.31 bits per heavy atom. The lowest BCUT2D eigenvalue weighted by Gasteiger charge is -2.40. The number of hydrogen-bond donors (Lipinski definition) is 1. The Kier molecular flexibility index (Phi) is 5.35. The largest absolute Gasteiger partial charge is 0.459 e. The average Bonchev–Trinajstić information content (AvgIpc) is 3.42. The highest BCUT2D eigenvalue weighted by Crippen LogP contribution is 2.48. The van der Waals surface area contributed by atoms with Gasteiger partial charge in [0.2, 0.25) is 5.60 Å². The summed E-state index contributed by atoms with van der Waals surface area (Å²) in [5.41, 5.74) is 2.24. The van der Waals surface area contributed by atoms with Crippen molar-refractivity contribution >= 4 is 5.97 Å². The summed E-state index contributed by atoms with van der Waals surface area (Å²) in [7, 11) is 2.26. The van der Waals surface area contributed by atoms with Crippen LogP contribution in [-0.2, 0) is 21.6 Å². The molecule has 6 nitrogen and oxygen atoms in total. The maximum absolute atomic E-state index is 13.3. The summed E-state index contributed by atoms with van der Waals surface area (Å²) in [6.07, 6.45) is 4.99. The van der Waals surface area contributed by atoms with E-state index in [-0.39, 0.29) is 6.10 Å². The Morgan fingerprint density at radius 2 is 1.72 bits per heavy atom. The van der Waals surface area contributed by atoms with Gasteiger partial charge in [-0.15, -0.1) is 0 Å². The number of esters is 1. The van der Waals surface area contributed by atoms with Crippen LogP contribution >= 0.6 is 0 Å². The molecule has 0 bridgehead atoms. The summed E-state index contributed by atoms with van der Waals surface area (Å²) in [5, 5.41) is 15.6. The lowest BCUT2D eigenvalue weighted by molar-refractivity contribution is -0.915. The molecule has 0 radical (unpaired) electrons. The highest BCUT2D eigenvalue weighted by molar-refractivity contribution is 5.96. The molecule has 1 aliphatic heterocycles. The van der Waals surface area contributed by atoms with Crippen LogP contribution in [0.15, 0.2) is 65.4 Å². The van der Waals surface area contributed by atoms with Crippen molar-refractivity contribution < 1.29 is 23.6 Å². The molecule has 32 heavy (non-hydrogen) atoms. The summed E-state index contributed by atoms with van der Waals surface area (Å²) in [5.74, 6) is -0.568. The summed E-state index contributed by atoms with van der Waals surface area (Å²) >= 11 is 0. The Labute approximate surface area is 188 Å². The van der Waals surface area contributed by atoms with Crippen LogP contribution in [0.5, 0.6) is 0 Å². The monoisotopic (exact) mass is 433 g/mol. The molecular formula is C26H29N2O4+. The van der Waals surface area contributed by atoms with Crippen molar-refractivity contribution in [3.8, 4) is 11.1 Å². The first-order valence-electron chi connectivity index (χ1n) is 11.4. The highest BCUT2D eigenvalue weighted by atomic mass is 16.6. The molecule has 2 aliphatic rings. The Bertz CT molecular complexity index is 1060. The quantitative estimate of drug-likeness (QED) is 0.474. The molecule has 6 heteroatoms. The Hall–Kier alpha value is -2.96. The zero-order chi connectivity index (χ0) is 22.2. The molecule has 2 aromatic carbocycles. The predicted molar refractivity (Wildman–Crippen MR) is 120 cm³/mol. The third-order valence-corrected chi connectivity index (χ3v) is 7.10. The molecule has 1 aliphatic carbocycles. The van der Waals surface area contributed by atoms with Gasteiger partial charge in [-0.3, -0.25) is 0 Å². The number of likely N-dealkylation sites (tertiary alicyclic amines) is 1. The second kappa shape index (κ2) is 8.19. The van der Waals surface area contributed by atoms with E-state index >= 15 is 0 Å². The first kappa shape index (κ1) is 20.9. The highest BCUT2D eigenvalue weighted by Gasteiger charge is 2.50. The van der Waals surface area contributed by atoms with E-state index in [4.69, 9.17) is 9.26 Å². The smallest absolute Gasteiger partial charge is 0.348 e. The Balaban J connectivity index is 1.23. The van der Waals surface area contributed by atoms with Crippen LogP contribution in [0.2, 0.25) is 0 Å². The van der Waals surface area contributed by atoms with Crippen molar-refractivity contribution in [1.29, 1.82) is 0 Å². The van der Waals surface area contributed by atoms with Gasteiger partial charge in [0.15, 0.2) is 0 Å². The van der Waals surface area contributed by atoms with Crippen LogP contribution in [0.3, 0.4) is 0 Å². The van der Waals surface area contributed by atoms with Gasteiger partial charge in [-0.25, -0.2) is 4.79 Å². The van der Waals surface area contributed by atoms with Crippen LogP contribution in [0, 0.1) is 0 Å². The van der Waals surface area contributed by atoms with Gasteiger partial charge >= 0.3 is 5.97 Å². The predicted octanol–water partition coefficient (Wildman–Crippen LogP) is 3.68. The van der Waals surface area contributed by atoms with E-state index in [1.807, 2.05) is 54.6 Å². The number of aromatic nitrogens is 1. The van der Waals surface area contributed by atoms with Gasteiger partial charge in [-0.2, -0.15) is 0 Å². The van der Waals surface area contributed by atoms with Crippen LogP contribution in [0.1, 0.15) is 36.1 Å². The van der Waals surface area contributed by atoms with Crippen LogP contribution < -0.4 is 0 Å². The number of ether oxygens (including phenoxy) is 1. The van der Waals surface area contributed by atoms with E-state index in [0.29, 0.717) is 11.1 Å². The van der Waals surface area contributed by atoms with Gasteiger partial charge in [0.1, 0.15) is 12.4 Å². The number of rotatable bonds is 6. The normalized spacial score (nSPS) is 23.4. The first-order chi connectivity index (χ1) is 15.5. The van der Waals surface area contributed by atoms with E-state index in [1.165, 1.54) is 0 Å². The number of hydrogen-bond acceptors (Lipinski definition) is 5. The number of carbonyl (C=O) groups is 1. The molecule has 0 atom stereocenters. The molecule has 0 amide bonds. The molecule has 1 N–H and O–H groups in total. The number of nitrogens with zero attached hydrogens (tertiary/aromatic N) is 2. The van der Waals surface area contributed by atoms with Gasteiger partial charge in [0.25, 0.3) is 0 Å². The number of carbonyl (C=O) groups excluding carboxylic acids is 1. The zero-order valence-electron chi connectivity index (χ0n) is 18.4. The van der Waals surface area contributed by atoms with Gasteiger partial charge in [0, 0.05) is 36.5 Å². The molecule has 1 fully saturated rings. The molecule has 5 rings (SSSR count). The number of benzene rings is 2. The standard InChI is InChI=1S/C26H29N2O4/c1-28(15-6-7-19-14-18-31-27-19)16-12-20(13-17-28)32-25(29)26(30)23-10-4-2-8-21(23)22-9-3-5-11-24(22)26/h2-5,8-11,14,18,20,30H,6-7,12-13,15-17H2,1H3/q+1. The third kappa shape index (κ3) is 3.63. The Morgan fingerprint density at radius 1 is 1.09 bits per heavy atom. The topological polar surface area (TPSA) is 72.6 Å².